The lowest BCUT2D eigenvalue weighted by Gasteiger charge is -2.22. The molecule has 0 saturated carbocycles. The highest BCUT2D eigenvalue weighted by molar-refractivity contribution is 5.36. The van der Waals surface area contributed by atoms with Gasteiger partial charge in [0, 0.05) is 18.2 Å². The summed E-state index contributed by atoms with van der Waals surface area (Å²) in [5.41, 5.74) is 0.857. The zero-order valence-electron chi connectivity index (χ0n) is 10.9. The van der Waals surface area contributed by atoms with E-state index in [1.807, 2.05) is 7.05 Å². The van der Waals surface area contributed by atoms with Crippen molar-refractivity contribution in [3.8, 4) is 5.75 Å². The van der Waals surface area contributed by atoms with E-state index in [1.54, 1.807) is 13.2 Å². The number of rotatable bonds is 5. The molecular weight excluding hydrogens is 233 g/mol. The molecule has 0 aliphatic carbocycles. The fourth-order valence-corrected chi connectivity index (χ4v) is 2.47. The first kappa shape index (κ1) is 13.3. The van der Waals surface area contributed by atoms with E-state index in [9.17, 15) is 4.39 Å². The third-order valence-electron chi connectivity index (χ3n) is 3.44. The first-order chi connectivity index (χ1) is 8.74. The molecule has 1 fully saturated rings. The Hall–Kier alpha value is -1.13. The van der Waals surface area contributed by atoms with Gasteiger partial charge in [0.1, 0.15) is 11.6 Å². The summed E-state index contributed by atoms with van der Waals surface area (Å²) in [7, 11) is 3.49. The number of nitrogens with one attached hydrogen (secondary N) is 1. The molecule has 1 saturated heterocycles. The molecule has 0 aromatic heterocycles. The molecule has 0 bridgehead atoms. The summed E-state index contributed by atoms with van der Waals surface area (Å²) in [4.78, 5) is 0. The van der Waals surface area contributed by atoms with Crippen LogP contribution in [0.25, 0.3) is 0 Å². The molecule has 3 nitrogen and oxygen atoms in total. The largest absolute Gasteiger partial charge is 0.496 e. The second-order valence-electron chi connectivity index (χ2n) is 4.60. The third kappa shape index (κ3) is 3.00. The van der Waals surface area contributed by atoms with Crippen molar-refractivity contribution in [1.82, 2.24) is 5.32 Å². The average molecular weight is 253 g/mol. The predicted molar refractivity (Wildman–Crippen MR) is 68.3 cm³/mol. The van der Waals surface area contributed by atoms with Gasteiger partial charge >= 0.3 is 0 Å². The van der Waals surface area contributed by atoms with Crippen molar-refractivity contribution in [2.24, 2.45) is 0 Å². The Labute approximate surface area is 107 Å². The Morgan fingerprint density at radius 2 is 2.39 bits per heavy atom. The van der Waals surface area contributed by atoms with Crippen molar-refractivity contribution in [2.75, 3.05) is 20.8 Å². The van der Waals surface area contributed by atoms with Crippen LogP contribution in [0.3, 0.4) is 0 Å². The van der Waals surface area contributed by atoms with E-state index in [0.717, 1.165) is 31.4 Å². The van der Waals surface area contributed by atoms with Crippen molar-refractivity contribution >= 4 is 0 Å². The summed E-state index contributed by atoms with van der Waals surface area (Å²) in [5, 5.41) is 3.22. The number of benzene rings is 1. The lowest BCUT2D eigenvalue weighted by Crippen LogP contribution is -2.22. The van der Waals surface area contributed by atoms with Crippen LogP contribution in [0.15, 0.2) is 18.2 Å². The molecule has 0 radical (unpaired) electrons. The summed E-state index contributed by atoms with van der Waals surface area (Å²) in [6.07, 6.45) is 3.29. The molecule has 2 unspecified atom stereocenters. The SMILES string of the molecule is CNC(CC1CCCO1)c1cc(F)ccc1OC. The zero-order valence-corrected chi connectivity index (χ0v) is 10.9. The van der Waals surface area contributed by atoms with Gasteiger partial charge in [-0.3, -0.25) is 0 Å². The summed E-state index contributed by atoms with van der Waals surface area (Å²) < 4.78 is 24.3. The zero-order chi connectivity index (χ0) is 13.0. The average Bonchev–Trinajstić information content (AvgIpc) is 2.88. The fraction of sp³-hybridized carbons (Fsp3) is 0.571. The Balaban J connectivity index is 2.17. The van der Waals surface area contributed by atoms with Crippen LogP contribution < -0.4 is 10.1 Å². The standard InChI is InChI=1S/C14H20FNO2/c1-16-13(9-11-4-3-7-18-11)12-8-10(15)5-6-14(12)17-2/h5-6,8,11,13,16H,3-4,7,9H2,1-2H3. The van der Waals surface area contributed by atoms with Crippen LogP contribution in [0.4, 0.5) is 4.39 Å². The second-order valence-corrected chi connectivity index (χ2v) is 4.60. The van der Waals surface area contributed by atoms with Crippen LogP contribution in [0.2, 0.25) is 0 Å². The number of methoxy groups -OCH3 is 1. The van der Waals surface area contributed by atoms with Crippen LogP contribution >= 0.6 is 0 Å². The molecule has 2 rings (SSSR count). The Morgan fingerprint density at radius 1 is 1.56 bits per heavy atom. The molecule has 18 heavy (non-hydrogen) atoms. The molecule has 1 aliphatic heterocycles. The van der Waals surface area contributed by atoms with Gasteiger partial charge in [-0.2, -0.15) is 0 Å². The van der Waals surface area contributed by atoms with Gasteiger partial charge in [-0.25, -0.2) is 4.39 Å². The normalized spacial score (nSPS) is 20.9. The van der Waals surface area contributed by atoms with E-state index >= 15 is 0 Å². The van der Waals surface area contributed by atoms with Gasteiger partial charge < -0.3 is 14.8 Å². The molecule has 0 amide bonds. The minimum absolute atomic E-state index is 0.0544. The topological polar surface area (TPSA) is 30.5 Å². The number of hydrogen-bond acceptors (Lipinski definition) is 3. The fourth-order valence-electron chi connectivity index (χ4n) is 2.47. The highest BCUT2D eigenvalue weighted by Crippen LogP contribution is 2.31. The Morgan fingerprint density at radius 3 is 3.00 bits per heavy atom. The Kier molecular flexibility index (Phi) is 4.55. The second kappa shape index (κ2) is 6.16. The molecule has 0 spiro atoms. The predicted octanol–water partition coefficient (Wildman–Crippen LogP) is 2.66. The molecule has 1 heterocycles. The third-order valence-corrected chi connectivity index (χ3v) is 3.44. The van der Waals surface area contributed by atoms with Crippen LogP contribution in [0.5, 0.6) is 5.75 Å². The van der Waals surface area contributed by atoms with Gasteiger partial charge in [0.05, 0.1) is 13.2 Å². The maximum Gasteiger partial charge on any atom is 0.123 e. The van der Waals surface area contributed by atoms with E-state index in [2.05, 4.69) is 5.32 Å². The molecule has 1 aromatic carbocycles. The lowest BCUT2D eigenvalue weighted by molar-refractivity contribution is 0.0951. The summed E-state index contributed by atoms with van der Waals surface area (Å²) in [6, 6.07) is 4.68. The van der Waals surface area contributed by atoms with E-state index in [4.69, 9.17) is 9.47 Å². The van der Waals surface area contributed by atoms with E-state index < -0.39 is 0 Å². The minimum Gasteiger partial charge on any atom is -0.496 e. The number of hydrogen-bond donors (Lipinski definition) is 1. The molecule has 1 aromatic rings. The van der Waals surface area contributed by atoms with Gasteiger partial charge in [-0.05, 0) is 44.5 Å². The van der Waals surface area contributed by atoms with Gasteiger partial charge in [0.2, 0.25) is 0 Å². The monoisotopic (exact) mass is 253 g/mol. The van der Waals surface area contributed by atoms with Crippen molar-refractivity contribution in [2.45, 2.75) is 31.4 Å². The van der Waals surface area contributed by atoms with Crippen molar-refractivity contribution in [3.05, 3.63) is 29.6 Å². The van der Waals surface area contributed by atoms with Crippen molar-refractivity contribution in [1.29, 1.82) is 0 Å². The van der Waals surface area contributed by atoms with Crippen LogP contribution in [0, 0.1) is 5.82 Å². The molecule has 1 N–H and O–H groups in total. The van der Waals surface area contributed by atoms with Crippen LogP contribution in [-0.2, 0) is 4.74 Å². The molecular formula is C14H20FNO2. The Bertz CT molecular complexity index is 391. The summed E-state index contributed by atoms with van der Waals surface area (Å²) in [5.74, 6) is 0.479. The smallest absolute Gasteiger partial charge is 0.123 e. The van der Waals surface area contributed by atoms with E-state index in [1.165, 1.54) is 12.1 Å². The minimum atomic E-state index is -0.238. The maximum absolute atomic E-state index is 13.4. The highest BCUT2D eigenvalue weighted by Gasteiger charge is 2.23. The summed E-state index contributed by atoms with van der Waals surface area (Å²) >= 11 is 0. The van der Waals surface area contributed by atoms with E-state index in [0.29, 0.717) is 5.75 Å². The van der Waals surface area contributed by atoms with Gasteiger partial charge in [-0.1, -0.05) is 0 Å². The first-order valence-electron chi connectivity index (χ1n) is 6.37. The lowest BCUT2D eigenvalue weighted by atomic mass is 9.98. The maximum atomic E-state index is 13.4. The van der Waals surface area contributed by atoms with Gasteiger partial charge in [0.25, 0.3) is 0 Å². The highest BCUT2D eigenvalue weighted by atomic mass is 19.1. The summed E-state index contributed by atoms with van der Waals surface area (Å²) in [6.45, 7) is 0.835. The quantitative estimate of drug-likeness (QED) is 0.875. The van der Waals surface area contributed by atoms with Crippen molar-refractivity contribution in [3.63, 3.8) is 0 Å². The van der Waals surface area contributed by atoms with Crippen molar-refractivity contribution < 1.29 is 13.9 Å². The van der Waals surface area contributed by atoms with Gasteiger partial charge in [-0.15, -0.1) is 0 Å². The number of ether oxygens (including phenoxy) is 2. The molecule has 1 aliphatic rings. The molecule has 2 atom stereocenters. The first-order valence-corrected chi connectivity index (χ1v) is 6.37. The van der Waals surface area contributed by atoms with Crippen LogP contribution in [0.1, 0.15) is 30.9 Å². The molecule has 100 valence electrons. The van der Waals surface area contributed by atoms with E-state index in [-0.39, 0.29) is 18.0 Å². The molecule has 4 heteroatoms. The van der Waals surface area contributed by atoms with Gasteiger partial charge in [0.15, 0.2) is 0 Å². The number of halogens is 1. The van der Waals surface area contributed by atoms with Crippen LogP contribution in [-0.4, -0.2) is 26.9 Å².